The normalized spacial score (nSPS) is 10.7. The van der Waals surface area contributed by atoms with Gasteiger partial charge in [0.2, 0.25) is 0 Å². The fraction of sp³-hybridized carbons (Fsp3) is 0.172. The summed E-state index contributed by atoms with van der Waals surface area (Å²) >= 11 is 0. The van der Waals surface area contributed by atoms with E-state index in [4.69, 9.17) is 5.73 Å². The maximum absolute atomic E-state index is 6.83. The van der Waals surface area contributed by atoms with E-state index in [0.29, 0.717) is 0 Å². The molecule has 1 radical (unpaired) electrons. The minimum atomic E-state index is 0. The molecule has 1 aliphatic carbocycles. The Morgan fingerprint density at radius 1 is 0.765 bits per heavy atom. The maximum atomic E-state index is 6.83. The van der Waals surface area contributed by atoms with Gasteiger partial charge in [-0.2, -0.15) is 29.8 Å². The molecule has 0 bridgehead atoms. The molecule has 34 heavy (non-hydrogen) atoms. The molecule has 0 aliphatic heterocycles. The smallest absolute Gasteiger partial charge is 1.00 e. The summed E-state index contributed by atoms with van der Waals surface area (Å²) in [5.74, 6) is 0. The minimum absolute atomic E-state index is 0. The number of benzene rings is 4. The largest absolute Gasteiger partial charge is 4.00 e. The monoisotopic (exact) mass is 670 g/mol. The first kappa shape index (κ1) is 32.5. The fourth-order valence-electron chi connectivity index (χ4n) is 3.29. The summed E-state index contributed by atoms with van der Waals surface area (Å²) in [5, 5.41) is 2.90. The third kappa shape index (κ3) is 10.4. The van der Waals surface area contributed by atoms with Gasteiger partial charge in [-0.1, -0.05) is 127 Å². The van der Waals surface area contributed by atoms with Crippen molar-refractivity contribution in [3.8, 4) is 11.1 Å². The SMILES string of the molecule is CCC(C)[NH-].[Cl-].[Cl-].[Hf+4].[c-]1cccc2c1Cc1ccccc1-2.c1ccc([SiH]c2ccccc2)cc1. The van der Waals surface area contributed by atoms with Crippen LogP contribution in [0.15, 0.2) is 103 Å². The van der Waals surface area contributed by atoms with Crippen molar-refractivity contribution in [2.75, 3.05) is 0 Å². The van der Waals surface area contributed by atoms with E-state index in [1.807, 2.05) is 19.9 Å². The molecule has 173 valence electrons. The molecule has 0 spiro atoms. The van der Waals surface area contributed by atoms with E-state index in [0.717, 1.165) is 12.8 Å². The average molecular weight is 670 g/mol. The summed E-state index contributed by atoms with van der Waals surface area (Å²) in [6, 6.07) is 39.6. The summed E-state index contributed by atoms with van der Waals surface area (Å²) in [4.78, 5) is 0. The van der Waals surface area contributed by atoms with E-state index in [9.17, 15) is 0 Å². The molecule has 5 heteroatoms. The van der Waals surface area contributed by atoms with E-state index >= 15 is 0 Å². The number of halogens is 2. The number of nitrogens with one attached hydrogen (secondary N) is 1. The van der Waals surface area contributed by atoms with Crippen molar-refractivity contribution in [3.05, 3.63) is 126 Å². The zero-order chi connectivity index (χ0) is 21.9. The van der Waals surface area contributed by atoms with Gasteiger partial charge in [-0.3, -0.25) is 0 Å². The summed E-state index contributed by atoms with van der Waals surface area (Å²) in [5.41, 5.74) is 12.3. The molecule has 0 amide bonds. The number of fused-ring (bicyclic) bond motifs is 3. The third-order valence-electron chi connectivity index (χ3n) is 5.16. The molecule has 4 aromatic carbocycles. The first-order valence-corrected chi connectivity index (χ1v) is 12.1. The zero-order valence-electron chi connectivity index (χ0n) is 19.6. The second kappa shape index (κ2) is 17.9. The van der Waals surface area contributed by atoms with E-state index in [-0.39, 0.29) is 66.2 Å². The Kier molecular flexibility index (Phi) is 17.1. The van der Waals surface area contributed by atoms with Crippen LogP contribution in [-0.4, -0.2) is 15.6 Å². The van der Waals surface area contributed by atoms with Gasteiger partial charge in [-0.25, -0.2) is 0 Å². The molecule has 1 unspecified atom stereocenters. The molecule has 0 aromatic heterocycles. The van der Waals surface area contributed by atoms with E-state index in [1.54, 1.807) is 0 Å². The van der Waals surface area contributed by atoms with E-state index in [1.165, 1.54) is 32.6 Å². The fourth-order valence-corrected chi connectivity index (χ4v) is 4.50. The molecule has 0 saturated heterocycles. The van der Waals surface area contributed by atoms with Crippen molar-refractivity contribution in [1.82, 2.24) is 0 Å². The summed E-state index contributed by atoms with van der Waals surface area (Å²) in [6.07, 6.45) is 2.02. The molecule has 5 rings (SSSR count). The average Bonchev–Trinajstić information content (AvgIpc) is 3.20. The van der Waals surface area contributed by atoms with Crippen LogP contribution in [-0.2, 0) is 32.3 Å². The van der Waals surface area contributed by atoms with Gasteiger partial charge in [-0.05, 0) is 6.42 Å². The van der Waals surface area contributed by atoms with Crippen LogP contribution in [0.1, 0.15) is 31.4 Å². The predicted octanol–water partition coefficient (Wildman–Crippen LogP) is -0.0255. The molecule has 1 nitrogen and oxygen atoms in total. The second-order valence-electron chi connectivity index (χ2n) is 7.67. The quantitative estimate of drug-likeness (QED) is 0.191. The van der Waals surface area contributed by atoms with Gasteiger partial charge in [0.25, 0.3) is 0 Å². The molecule has 0 fully saturated rings. The standard InChI is InChI=1S/C13H9.C12H11Si.C4H10N.2ClH.Hf/c1-3-7-12-10(5-1)9-11-6-2-4-8-13(11)12;1-3-7-11(8-4-1)13-12-9-5-2-6-10-12;1-3-4(2)5;;;/h1-5,7-8H,9H2;1-10,13H;4-5H,3H2,1-2H3;2*1H;/q-1;;-1;;;+4/p-2. The van der Waals surface area contributed by atoms with E-state index < -0.39 is 0 Å². The van der Waals surface area contributed by atoms with Crippen LogP contribution >= 0.6 is 0 Å². The molecular formula is C29H30Cl2HfNSi. The number of hydrogen-bond donors (Lipinski definition) is 0. The van der Waals surface area contributed by atoms with Gasteiger partial charge in [0, 0.05) is 0 Å². The zero-order valence-corrected chi connectivity index (χ0v) is 25.9. The summed E-state index contributed by atoms with van der Waals surface area (Å²) < 4.78 is 0. The topological polar surface area (TPSA) is 23.8 Å². The van der Waals surface area contributed by atoms with Gasteiger partial charge in [-0.15, -0.1) is 11.6 Å². The van der Waals surface area contributed by atoms with Crippen molar-refractivity contribution in [2.45, 2.75) is 32.7 Å². The van der Waals surface area contributed by atoms with Crippen molar-refractivity contribution < 1.29 is 50.7 Å². The molecule has 1 aliphatic rings. The van der Waals surface area contributed by atoms with Crippen LogP contribution in [0.5, 0.6) is 0 Å². The Morgan fingerprint density at radius 3 is 1.76 bits per heavy atom. The Morgan fingerprint density at radius 2 is 1.24 bits per heavy atom. The van der Waals surface area contributed by atoms with Crippen LogP contribution in [0.3, 0.4) is 0 Å². The minimum Gasteiger partial charge on any atom is -1.00 e. The van der Waals surface area contributed by atoms with Gasteiger partial charge in [0.1, 0.15) is 9.52 Å². The molecule has 0 saturated carbocycles. The van der Waals surface area contributed by atoms with Crippen LogP contribution < -0.4 is 35.2 Å². The number of rotatable bonds is 3. The summed E-state index contributed by atoms with van der Waals surface area (Å²) in [7, 11) is 0.271. The van der Waals surface area contributed by atoms with Gasteiger partial charge >= 0.3 is 25.8 Å². The van der Waals surface area contributed by atoms with Crippen molar-refractivity contribution >= 4 is 19.9 Å². The Hall–Kier alpha value is -1.49. The molecule has 1 atom stereocenters. The van der Waals surface area contributed by atoms with Crippen LogP contribution in [0.2, 0.25) is 0 Å². The molecule has 0 heterocycles. The molecular weight excluding hydrogens is 640 g/mol. The van der Waals surface area contributed by atoms with Crippen molar-refractivity contribution in [3.63, 3.8) is 0 Å². The van der Waals surface area contributed by atoms with Crippen molar-refractivity contribution in [2.24, 2.45) is 0 Å². The van der Waals surface area contributed by atoms with Gasteiger partial charge in [0.05, 0.1) is 0 Å². The summed E-state index contributed by atoms with van der Waals surface area (Å²) in [6.45, 7) is 3.90. The maximum Gasteiger partial charge on any atom is 4.00 e. The van der Waals surface area contributed by atoms with Crippen molar-refractivity contribution in [1.29, 1.82) is 0 Å². The Labute approximate surface area is 239 Å². The second-order valence-corrected chi connectivity index (χ2v) is 9.29. The Bertz CT molecular complexity index is 979. The predicted molar refractivity (Wildman–Crippen MR) is 137 cm³/mol. The van der Waals surface area contributed by atoms with Gasteiger partial charge in [0.15, 0.2) is 0 Å². The third-order valence-corrected chi connectivity index (χ3v) is 6.60. The van der Waals surface area contributed by atoms with Crippen LogP contribution in [0.25, 0.3) is 16.9 Å². The van der Waals surface area contributed by atoms with E-state index in [2.05, 4.69) is 103 Å². The molecule has 1 N–H and O–H groups in total. The van der Waals surface area contributed by atoms with Crippen LogP contribution in [0, 0.1) is 6.07 Å². The first-order chi connectivity index (χ1) is 15.2. The van der Waals surface area contributed by atoms with Crippen LogP contribution in [0.4, 0.5) is 0 Å². The first-order valence-electron chi connectivity index (χ1n) is 10.9. The molecule has 4 aromatic rings. The number of hydrogen-bond acceptors (Lipinski definition) is 0. The Balaban J connectivity index is 0.000000501. The van der Waals surface area contributed by atoms with Gasteiger partial charge < -0.3 is 30.5 Å².